The zero-order valence-corrected chi connectivity index (χ0v) is 16.2. The van der Waals surface area contributed by atoms with Gasteiger partial charge in [0.05, 0.1) is 12.9 Å². The lowest BCUT2D eigenvalue weighted by molar-refractivity contribution is -0.150. The minimum Gasteiger partial charge on any atom is -0.498 e. The molecule has 14 heteroatoms. The number of nitrogens with zero attached hydrogens (tertiary/aromatic N) is 3. The number of aliphatic carboxylic acids is 1. The maximum Gasteiger partial charge on any atom is 0.356 e. The second-order valence-electron chi connectivity index (χ2n) is 5.50. The number of nitrogens with one attached hydrogen (secondary N) is 2. The van der Waals surface area contributed by atoms with Gasteiger partial charge in [0.1, 0.15) is 30.0 Å². The number of carboxylic acids is 1. The number of amides is 2. The lowest BCUT2D eigenvalue weighted by atomic mass is 10.0. The Kier molecular flexibility index (Phi) is 5.33. The van der Waals surface area contributed by atoms with E-state index >= 15 is 0 Å². The van der Waals surface area contributed by atoms with E-state index < -0.39 is 29.2 Å². The first kappa shape index (κ1) is 19.8. The number of methoxy groups -OCH3 is 1. The third-order valence-corrected chi connectivity index (χ3v) is 6.00. The summed E-state index contributed by atoms with van der Waals surface area (Å²) in [4.78, 5) is 42.1. The molecular formula is C14H15N5O7S2. The predicted molar refractivity (Wildman–Crippen MR) is 95.6 cm³/mol. The highest BCUT2D eigenvalue weighted by Crippen LogP contribution is 2.40. The number of carbonyl (C=O) groups is 3. The Morgan fingerprint density at radius 3 is 2.68 bits per heavy atom. The third kappa shape index (κ3) is 3.09. The van der Waals surface area contributed by atoms with Crippen molar-refractivity contribution in [3.63, 3.8) is 0 Å². The molecule has 0 saturated carbocycles. The molecule has 150 valence electrons. The average molecular weight is 429 g/mol. The van der Waals surface area contributed by atoms with Crippen molar-refractivity contribution in [2.24, 2.45) is 5.16 Å². The summed E-state index contributed by atoms with van der Waals surface area (Å²) in [5.74, 6) is -2.35. The molecule has 3 rings (SSSR count). The standard InChI is InChI=1S/C14H15N5O7S2/c1-25-6-4-27-12-8(11(21)18(12)9(6)13(22)23)16-10(20)7(17-26-2)5-3-28-14(15)19(5)24/h3,8,12,15,24H,4H2,1-2H3,(H,16,20)(H,22,23)/t8-,12+/m1/s1. The van der Waals surface area contributed by atoms with Crippen LogP contribution >= 0.6 is 23.1 Å². The van der Waals surface area contributed by atoms with Crippen LogP contribution in [0, 0.1) is 5.41 Å². The molecule has 1 aromatic heterocycles. The predicted octanol–water partition coefficient (Wildman–Crippen LogP) is -1.04. The fraction of sp³-hybridized carbons (Fsp3) is 0.357. The Morgan fingerprint density at radius 2 is 2.14 bits per heavy atom. The number of carbonyl (C=O) groups excluding carboxylic acids is 2. The van der Waals surface area contributed by atoms with E-state index in [0.29, 0.717) is 4.73 Å². The largest absolute Gasteiger partial charge is 0.498 e. The Balaban J connectivity index is 1.82. The van der Waals surface area contributed by atoms with Crippen LogP contribution in [0.2, 0.25) is 0 Å². The Hall–Kier alpha value is -3.00. The lowest BCUT2D eigenvalue weighted by Gasteiger charge is -2.48. The molecule has 1 fully saturated rings. The number of oxime groups is 1. The van der Waals surface area contributed by atoms with E-state index in [-0.39, 0.29) is 33.4 Å². The maximum absolute atomic E-state index is 12.6. The van der Waals surface area contributed by atoms with Gasteiger partial charge < -0.3 is 25.2 Å². The molecule has 2 atom stereocenters. The van der Waals surface area contributed by atoms with Crippen molar-refractivity contribution >= 4 is 46.6 Å². The van der Waals surface area contributed by atoms with Gasteiger partial charge in [0.2, 0.25) is 4.80 Å². The second kappa shape index (κ2) is 7.55. The summed E-state index contributed by atoms with van der Waals surface area (Å²) in [5, 5.41) is 33.5. The molecule has 0 aromatic carbocycles. The summed E-state index contributed by atoms with van der Waals surface area (Å²) in [5.41, 5.74) is -0.669. The van der Waals surface area contributed by atoms with Crippen LogP contribution in [0.25, 0.3) is 0 Å². The van der Waals surface area contributed by atoms with Crippen LogP contribution in [0.1, 0.15) is 5.69 Å². The number of fused-ring (bicyclic) bond motifs is 1. The number of aromatic nitrogens is 1. The Morgan fingerprint density at radius 1 is 1.43 bits per heavy atom. The third-order valence-electron chi connectivity index (χ3n) is 4.01. The molecular weight excluding hydrogens is 414 g/mol. The lowest BCUT2D eigenvalue weighted by Crippen LogP contribution is -2.71. The summed E-state index contributed by atoms with van der Waals surface area (Å²) < 4.78 is 5.50. The van der Waals surface area contributed by atoms with E-state index in [1.165, 1.54) is 31.4 Å². The van der Waals surface area contributed by atoms with Gasteiger partial charge in [-0.1, -0.05) is 5.16 Å². The first-order valence-corrected chi connectivity index (χ1v) is 9.56. The second-order valence-corrected chi connectivity index (χ2v) is 7.47. The summed E-state index contributed by atoms with van der Waals surface area (Å²) in [7, 11) is 2.52. The fourth-order valence-corrected chi connectivity index (χ4v) is 4.67. The first-order valence-electron chi connectivity index (χ1n) is 7.63. The van der Waals surface area contributed by atoms with Gasteiger partial charge in [-0.3, -0.25) is 19.9 Å². The molecule has 28 heavy (non-hydrogen) atoms. The summed E-state index contributed by atoms with van der Waals surface area (Å²) in [6.45, 7) is 0. The van der Waals surface area contributed by atoms with Crippen LogP contribution in [-0.4, -0.2) is 74.8 Å². The summed E-state index contributed by atoms with van der Waals surface area (Å²) in [6.07, 6.45) is 0. The number of hydrogen-bond acceptors (Lipinski definition) is 10. The van der Waals surface area contributed by atoms with Gasteiger partial charge in [-0.15, -0.1) is 23.1 Å². The summed E-state index contributed by atoms with van der Waals surface area (Å²) >= 11 is 2.10. The van der Waals surface area contributed by atoms with E-state index in [1.807, 2.05) is 0 Å². The van der Waals surface area contributed by atoms with Crippen LogP contribution in [0.15, 0.2) is 22.0 Å². The zero-order chi connectivity index (χ0) is 20.6. The van der Waals surface area contributed by atoms with E-state index in [4.69, 9.17) is 10.1 Å². The molecule has 3 heterocycles. The molecule has 2 amide bonds. The van der Waals surface area contributed by atoms with Gasteiger partial charge in [0.25, 0.3) is 11.8 Å². The highest BCUT2D eigenvalue weighted by atomic mass is 32.2. The molecule has 12 nitrogen and oxygen atoms in total. The number of rotatable bonds is 6. The first-order chi connectivity index (χ1) is 13.3. The molecule has 4 N–H and O–H groups in total. The van der Waals surface area contributed by atoms with E-state index in [0.717, 1.165) is 16.2 Å². The van der Waals surface area contributed by atoms with Crippen LogP contribution in [0.3, 0.4) is 0 Å². The SMILES string of the molecule is CON=C(C(=O)N[C@@H]1C(=O)N2C(C(=O)O)=C(OC)CS[C@@H]12)c1csc(=N)n1O. The smallest absolute Gasteiger partial charge is 0.356 e. The van der Waals surface area contributed by atoms with Crippen molar-refractivity contribution in [1.82, 2.24) is 14.9 Å². The number of ether oxygens (including phenoxy) is 1. The van der Waals surface area contributed by atoms with Gasteiger partial charge in [0, 0.05) is 5.38 Å². The quantitative estimate of drug-likeness (QED) is 0.193. The van der Waals surface area contributed by atoms with Gasteiger partial charge in [-0.2, -0.15) is 4.73 Å². The van der Waals surface area contributed by atoms with Gasteiger partial charge in [0.15, 0.2) is 11.4 Å². The highest BCUT2D eigenvalue weighted by Gasteiger charge is 2.55. The van der Waals surface area contributed by atoms with Crippen molar-refractivity contribution in [3.8, 4) is 0 Å². The number of thioether (sulfide) groups is 1. The summed E-state index contributed by atoms with van der Waals surface area (Å²) in [6, 6.07) is -0.992. The molecule has 0 spiro atoms. The molecule has 2 aliphatic rings. The zero-order valence-electron chi connectivity index (χ0n) is 14.5. The van der Waals surface area contributed by atoms with Crippen LogP contribution in [0.4, 0.5) is 0 Å². The van der Waals surface area contributed by atoms with Gasteiger partial charge >= 0.3 is 5.97 Å². The normalized spacial score (nSPS) is 21.7. The molecule has 1 saturated heterocycles. The van der Waals surface area contributed by atoms with Crippen LogP contribution in [-0.2, 0) is 24.0 Å². The highest BCUT2D eigenvalue weighted by molar-refractivity contribution is 8.00. The van der Waals surface area contributed by atoms with Crippen molar-refractivity contribution in [2.75, 3.05) is 20.0 Å². The topological polar surface area (TPSA) is 167 Å². The van der Waals surface area contributed by atoms with E-state index in [9.17, 15) is 24.7 Å². The monoisotopic (exact) mass is 429 g/mol. The van der Waals surface area contributed by atoms with Gasteiger partial charge in [-0.05, 0) is 0 Å². The van der Waals surface area contributed by atoms with Crippen molar-refractivity contribution in [3.05, 3.63) is 27.3 Å². The Bertz CT molecular complexity index is 966. The Labute approximate surface area is 165 Å². The number of hydrogen-bond donors (Lipinski definition) is 4. The minimum atomic E-state index is -1.30. The number of β-lactam (4-membered cyclic amide) rings is 1. The van der Waals surface area contributed by atoms with E-state index in [2.05, 4.69) is 15.3 Å². The molecule has 0 aliphatic carbocycles. The minimum absolute atomic E-state index is 0.0814. The number of thiazole rings is 1. The number of carboxylic acid groups (broad SMARTS) is 1. The fourth-order valence-electron chi connectivity index (χ4n) is 2.73. The van der Waals surface area contributed by atoms with Crippen LogP contribution < -0.4 is 10.1 Å². The maximum atomic E-state index is 12.6. The molecule has 2 aliphatic heterocycles. The van der Waals surface area contributed by atoms with E-state index in [1.54, 1.807) is 0 Å². The van der Waals surface area contributed by atoms with Crippen LogP contribution in [0.5, 0.6) is 0 Å². The van der Waals surface area contributed by atoms with Crippen molar-refractivity contribution in [1.29, 1.82) is 5.41 Å². The van der Waals surface area contributed by atoms with Crippen molar-refractivity contribution in [2.45, 2.75) is 11.4 Å². The molecule has 1 aromatic rings. The molecule has 0 bridgehead atoms. The van der Waals surface area contributed by atoms with Crippen molar-refractivity contribution < 1.29 is 34.3 Å². The molecule has 0 unspecified atom stereocenters. The average Bonchev–Trinajstić information content (AvgIpc) is 3.00. The van der Waals surface area contributed by atoms with Gasteiger partial charge in [-0.25, -0.2) is 4.79 Å². The molecule has 0 radical (unpaired) electrons.